The average molecular weight is 605 g/mol. The number of nitrogens with zero attached hydrogens (tertiary/aromatic N) is 4. The number of likely N-dealkylation sites (tertiary alicyclic amines) is 1. The minimum atomic E-state index is -4.67. The summed E-state index contributed by atoms with van der Waals surface area (Å²) in [5, 5.41) is 0. The summed E-state index contributed by atoms with van der Waals surface area (Å²) in [5.74, 6) is 0.0675. The fourth-order valence-electron chi connectivity index (χ4n) is 7.47. The van der Waals surface area contributed by atoms with E-state index in [1.54, 1.807) is 6.92 Å². The molecular weight excluding hydrogens is 566 g/mol. The molecule has 4 fully saturated rings. The highest BCUT2D eigenvalue weighted by Crippen LogP contribution is 2.50. The molecular formula is C28H38F6N6O2. The lowest BCUT2D eigenvalue weighted by atomic mass is 9.64. The highest BCUT2D eigenvalue weighted by atomic mass is 19.4. The Labute approximate surface area is 239 Å². The molecule has 0 bridgehead atoms. The van der Waals surface area contributed by atoms with Gasteiger partial charge < -0.3 is 4.74 Å². The Morgan fingerprint density at radius 1 is 1.12 bits per heavy atom. The van der Waals surface area contributed by atoms with Gasteiger partial charge in [0.2, 0.25) is 0 Å². The number of imidazole rings is 1. The molecule has 0 amide bonds. The van der Waals surface area contributed by atoms with Crippen molar-refractivity contribution in [1.82, 2.24) is 29.6 Å². The van der Waals surface area contributed by atoms with E-state index in [2.05, 4.69) is 10.9 Å². The van der Waals surface area contributed by atoms with Crippen LogP contribution >= 0.6 is 0 Å². The molecule has 4 atom stereocenters. The third-order valence-corrected chi connectivity index (χ3v) is 10.1. The summed E-state index contributed by atoms with van der Waals surface area (Å²) in [7, 11) is 0. The molecule has 42 heavy (non-hydrogen) atoms. The lowest BCUT2D eigenvalue weighted by Crippen LogP contribution is -2.55. The Bertz CT molecular complexity index is 1320. The second-order valence-corrected chi connectivity index (χ2v) is 12.5. The van der Waals surface area contributed by atoms with E-state index in [-0.39, 0.29) is 29.6 Å². The number of fused-ring (bicyclic) bond motifs is 1. The molecule has 8 nitrogen and oxygen atoms in total. The molecule has 0 radical (unpaired) electrons. The van der Waals surface area contributed by atoms with Gasteiger partial charge in [-0.25, -0.2) is 24.9 Å². The quantitative estimate of drug-likeness (QED) is 0.354. The average Bonchev–Trinajstić information content (AvgIpc) is 3.54. The summed E-state index contributed by atoms with van der Waals surface area (Å²) in [6.45, 7) is 0.916. The number of rotatable bonds is 7. The van der Waals surface area contributed by atoms with Crippen LogP contribution in [0, 0.1) is 11.3 Å². The number of hydrazine groups is 1. The first-order valence-corrected chi connectivity index (χ1v) is 14.8. The van der Waals surface area contributed by atoms with Crippen LogP contribution in [0.4, 0.5) is 26.3 Å². The number of halogens is 6. The van der Waals surface area contributed by atoms with E-state index in [1.807, 2.05) is 4.90 Å². The molecule has 1 saturated carbocycles. The van der Waals surface area contributed by atoms with Crippen LogP contribution in [-0.2, 0) is 10.9 Å². The van der Waals surface area contributed by atoms with Gasteiger partial charge in [0, 0.05) is 43.0 Å². The summed E-state index contributed by atoms with van der Waals surface area (Å²) >= 11 is 0. The molecule has 3 aliphatic heterocycles. The Hall–Kier alpha value is -2.13. The van der Waals surface area contributed by atoms with Crippen LogP contribution in [0.3, 0.4) is 0 Å². The second-order valence-electron chi connectivity index (χ2n) is 12.5. The molecule has 0 spiro atoms. The van der Waals surface area contributed by atoms with Crippen molar-refractivity contribution in [3.63, 3.8) is 0 Å². The van der Waals surface area contributed by atoms with E-state index in [4.69, 9.17) is 4.74 Å². The van der Waals surface area contributed by atoms with Crippen LogP contribution in [0.15, 0.2) is 23.3 Å². The van der Waals surface area contributed by atoms with Crippen molar-refractivity contribution in [2.24, 2.45) is 11.3 Å². The molecule has 234 valence electrons. The van der Waals surface area contributed by atoms with Crippen molar-refractivity contribution in [3.05, 3.63) is 40.1 Å². The zero-order valence-corrected chi connectivity index (χ0v) is 23.6. The molecule has 2 aromatic rings. The van der Waals surface area contributed by atoms with Gasteiger partial charge in [-0.05, 0) is 63.0 Å². The first-order valence-electron chi connectivity index (χ1n) is 14.8. The Kier molecular flexibility index (Phi) is 8.13. The number of ether oxygens (including phenoxy) is 1. The topological polar surface area (TPSA) is 66.2 Å². The lowest BCUT2D eigenvalue weighted by Gasteiger charge is -2.51. The third kappa shape index (κ3) is 5.49. The Morgan fingerprint density at radius 2 is 1.86 bits per heavy atom. The van der Waals surface area contributed by atoms with Gasteiger partial charge in [0.25, 0.3) is 6.55 Å². The number of pyridine rings is 1. The van der Waals surface area contributed by atoms with Gasteiger partial charge in [0.05, 0.1) is 37.1 Å². The lowest BCUT2D eigenvalue weighted by molar-refractivity contribution is -0.173. The van der Waals surface area contributed by atoms with Crippen LogP contribution in [0.25, 0.3) is 5.52 Å². The van der Waals surface area contributed by atoms with Crippen LogP contribution in [0.2, 0.25) is 0 Å². The predicted octanol–water partition coefficient (Wildman–Crippen LogP) is 4.67. The second kappa shape index (κ2) is 11.4. The van der Waals surface area contributed by atoms with E-state index in [0.29, 0.717) is 64.0 Å². The van der Waals surface area contributed by atoms with E-state index in [9.17, 15) is 31.1 Å². The first kappa shape index (κ1) is 29.9. The molecule has 2 aromatic heterocycles. The maximum absolute atomic E-state index is 14.3. The van der Waals surface area contributed by atoms with Crippen molar-refractivity contribution < 1.29 is 31.1 Å². The minimum Gasteiger partial charge on any atom is -0.380 e. The number of alkyl halides is 6. The van der Waals surface area contributed by atoms with Crippen LogP contribution < -0.4 is 16.5 Å². The maximum atomic E-state index is 14.3. The molecule has 6 rings (SSSR count). The molecule has 14 heteroatoms. The zero-order chi connectivity index (χ0) is 29.8. The standard InChI is InChI=1S/C28H38F6N6O2/c1-17(37-7-5-20(29)6-8-37)18-9-22(28(32,33)34)23-13-38(26(41)39(23)12-18)21-4-2-3-19(10-21)27(14-42-15-27)11-24-36-35-16-40(24)25(30)31/h9,12-13,17,19-21,24-25,35-36H,2-8,10-11,14-16H2,1H3. The van der Waals surface area contributed by atoms with Crippen molar-refractivity contribution in [1.29, 1.82) is 0 Å². The van der Waals surface area contributed by atoms with Crippen molar-refractivity contribution in [3.8, 4) is 0 Å². The summed E-state index contributed by atoms with van der Waals surface area (Å²) < 4.78 is 91.9. The Balaban J connectivity index is 1.29. The van der Waals surface area contributed by atoms with Crippen molar-refractivity contribution in [2.45, 2.75) is 89.0 Å². The maximum Gasteiger partial charge on any atom is 0.418 e. The third-order valence-electron chi connectivity index (χ3n) is 10.1. The highest BCUT2D eigenvalue weighted by Gasteiger charge is 2.50. The van der Waals surface area contributed by atoms with Crippen molar-refractivity contribution in [2.75, 3.05) is 33.0 Å². The van der Waals surface area contributed by atoms with E-state index in [0.717, 1.165) is 28.2 Å². The van der Waals surface area contributed by atoms with Gasteiger partial charge in [-0.15, -0.1) is 0 Å². The van der Waals surface area contributed by atoms with E-state index in [1.165, 1.54) is 17.0 Å². The van der Waals surface area contributed by atoms with E-state index < -0.39 is 42.4 Å². The molecule has 1 aliphatic carbocycles. The summed E-state index contributed by atoms with van der Waals surface area (Å²) in [4.78, 5) is 16.7. The summed E-state index contributed by atoms with van der Waals surface area (Å²) in [5.41, 5.74) is 4.14. The molecule has 0 aromatic carbocycles. The fourth-order valence-corrected chi connectivity index (χ4v) is 7.47. The number of nitrogens with one attached hydrogen (secondary N) is 2. The van der Waals surface area contributed by atoms with Gasteiger partial charge in [-0.1, -0.05) is 6.42 Å². The number of aromatic nitrogens is 2. The molecule has 4 unspecified atom stereocenters. The van der Waals surface area contributed by atoms with Gasteiger partial charge >= 0.3 is 11.9 Å². The smallest absolute Gasteiger partial charge is 0.380 e. The van der Waals surface area contributed by atoms with Crippen LogP contribution in [0.5, 0.6) is 0 Å². The number of piperidine rings is 1. The molecule has 3 saturated heterocycles. The molecule has 5 heterocycles. The largest absolute Gasteiger partial charge is 0.418 e. The number of hydrogen-bond donors (Lipinski definition) is 2. The normalized spacial score (nSPS) is 28.9. The van der Waals surface area contributed by atoms with E-state index >= 15 is 0 Å². The summed E-state index contributed by atoms with van der Waals surface area (Å²) in [6, 6.07) is 0.384. The minimum absolute atomic E-state index is 0.0234. The monoisotopic (exact) mass is 604 g/mol. The Morgan fingerprint density at radius 3 is 2.50 bits per heavy atom. The predicted molar refractivity (Wildman–Crippen MR) is 142 cm³/mol. The van der Waals surface area contributed by atoms with Gasteiger partial charge in [-0.2, -0.15) is 22.0 Å². The summed E-state index contributed by atoms with van der Waals surface area (Å²) in [6.07, 6.45) is 0.567. The molecule has 4 aliphatic rings. The van der Waals surface area contributed by atoms with Gasteiger partial charge in [-0.3, -0.25) is 13.9 Å². The van der Waals surface area contributed by atoms with Gasteiger partial charge in [0.1, 0.15) is 6.17 Å². The highest BCUT2D eigenvalue weighted by molar-refractivity contribution is 5.56. The van der Waals surface area contributed by atoms with Gasteiger partial charge in [0.15, 0.2) is 0 Å². The SMILES string of the molecule is CC(c1cc(C(F)(F)F)c2cn(C3CCCC(C4(CC5NNCN5C(F)F)COC4)C3)c(=O)n2c1)N1CCC(F)CC1. The van der Waals surface area contributed by atoms with Crippen LogP contribution in [0.1, 0.15) is 75.1 Å². The molecule has 2 N–H and O–H groups in total. The van der Waals surface area contributed by atoms with Crippen LogP contribution in [-0.4, -0.2) is 70.6 Å². The fraction of sp³-hybridized carbons (Fsp3) is 0.750. The van der Waals surface area contributed by atoms with Crippen molar-refractivity contribution >= 4 is 5.52 Å². The zero-order valence-electron chi connectivity index (χ0n) is 23.6. The first-order chi connectivity index (χ1) is 20.0. The number of hydrogen-bond acceptors (Lipinski definition) is 6.